The van der Waals surface area contributed by atoms with Crippen LogP contribution in [-0.2, 0) is 9.84 Å². The Morgan fingerprint density at radius 1 is 1.31 bits per heavy atom. The van der Waals surface area contributed by atoms with Gasteiger partial charge < -0.3 is 15.6 Å². The summed E-state index contributed by atoms with van der Waals surface area (Å²) in [6.07, 6.45) is 0. The Morgan fingerprint density at radius 3 is 2.56 bits per heavy atom. The lowest BCUT2D eigenvalue weighted by Gasteiger charge is -2.05. The first-order valence-electron chi connectivity index (χ1n) is 4.26. The lowest BCUT2D eigenvalue weighted by molar-refractivity contribution is 0.436. The van der Waals surface area contributed by atoms with E-state index in [4.69, 9.17) is 10.5 Å². The molecule has 0 unspecified atom stereocenters. The van der Waals surface area contributed by atoms with Crippen LogP contribution in [0.1, 0.15) is 0 Å². The summed E-state index contributed by atoms with van der Waals surface area (Å²) in [5.74, 6) is -0.316. The van der Waals surface area contributed by atoms with Crippen molar-refractivity contribution in [3.63, 3.8) is 0 Å². The summed E-state index contributed by atoms with van der Waals surface area (Å²) in [4.78, 5) is 3.51. The summed E-state index contributed by atoms with van der Waals surface area (Å²) in [7, 11) is -3.72. The van der Waals surface area contributed by atoms with Crippen LogP contribution in [0, 0.1) is 0 Å². The molecule has 0 saturated carbocycles. The molecule has 0 fully saturated rings. The van der Waals surface area contributed by atoms with Gasteiger partial charge in [-0.15, -0.1) is 0 Å². The summed E-state index contributed by atoms with van der Waals surface area (Å²) >= 11 is 0. The van der Waals surface area contributed by atoms with Gasteiger partial charge in [0.25, 0.3) is 9.84 Å². The first-order chi connectivity index (χ1) is 7.49. The first kappa shape index (κ1) is 10.5. The number of benzene rings is 1. The molecule has 1 aromatic rings. The molecule has 0 spiro atoms. The van der Waals surface area contributed by atoms with Crippen molar-refractivity contribution in [2.75, 3.05) is 0 Å². The van der Waals surface area contributed by atoms with Crippen LogP contribution in [0.2, 0.25) is 0 Å². The van der Waals surface area contributed by atoms with Crippen molar-refractivity contribution >= 4 is 15.1 Å². The molecule has 1 heterocycles. The SMILES string of the molecule is NC1=CS(=O)(=O)C(Oc2ccccc2O)=N1. The fourth-order valence-electron chi connectivity index (χ4n) is 1.12. The van der Waals surface area contributed by atoms with Crippen LogP contribution >= 0.6 is 0 Å². The molecular formula is C9H8N2O4S. The van der Waals surface area contributed by atoms with Crippen molar-refractivity contribution in [2.45, 2.75) is 0 Å². The minimum absolute atomic E-state index is 0.00734. The fraction of sp³-hybridized carbons (Fsp3) is 0. The molecule has 0 bridgehead atoms. The molecule has 0 aromatic heterocycles. The highest BCUT2D eigenvalue weighted by Gasteiger charge is 2.27. The summed E-state index contributed by atoms with van der Waals surface area (Å²) in [5.41, 5.74) is 5.24. The average Bonchev–Trinajstić information content (AvgIpc) is 2.43. The standard InChI is InChI=1S/C9H8N2O4S/c10-8-5-16(13,14)9(11-8)15-7-4-2-1-3-6(7)12/h1-5,12H,10H2. The van der Waals surface area contributed by atoms with E-state index in [1.54, 1.807) is 12.1 Å². The third-order valence-electron chi connectivity index (χ3n) is 1.80. The highest BCUT2D eigenvalue weighted by molar-refractivity contribution is 8.08. The smallest absolute Gasteiger partial charge is 0.321 e. The number of aliphatic imine (C=N–C) groups is 1. The van der Waals surface area contributed by atoms with E-state index < -0.39 is 15.1 Å². The van der Waals surface area contributed by atoms with Gasteiger partial charge in [0.05, 0.1) is 5.41 Å². The van der Waals surface area contributed by atoms with E-state index in [1.807, 2.05) is 0 Å². The van der Waals surface area contributed by atoms with E-state index in [-0.39, 0.29) is 17.3 Å². The number of phenolic OH excluding ortho intramolecular Hbond substituents is 1. The van der Waals surface area contributed by atoms with Gasteiger partial charge in [0.1, 0.15) is 5.82 Å². The Hall–Kier alpha value is -2.02. The Morgan fingerprint density at radius 2 is 2.00 bits per heavy atom. The average molecular weight is 240 g/mol. The van der Waals surface area contributed by atoms with E-state index in [9.17, 15) is 13.5 Å². The zero-order valence-corrected chi connectivity index (χ0v) is 8.81. The van der Waals surface area contributed by atoms with Crippen LogP contribution < -0.4 is 10.5 Å². The zero-order chi connectivity index (χ0) is 11.8. The molecule has 6 nitrogen and oxygen atoms in total. The molecular weight excluding hydrogens is 232 g/mol. The van der Waals surface area contributed by atoms with Crippen LogP contribution in [0.15, 0.2) is 40.5 Å². The molecule has 0 amide bonds. The van der Waals surface area contributed by atoms with Crippen LogP contribution in [0.3, 0.4) is 0 Å². The minimum Gasteiger partial charge on any atom is -0.504 e. The number of nitrogens with zero attached hydrogens (tertiary/aromatic N) is 1. The molecule has 0 aliphatic carbocycles. The van der Waals surface area contributed by atoms with Gasteiger partial charge in [-0.25, -0.2) is 8.42 Å². The molecule has 84 valence electrons. The third kappa shape index (κ3) is 1.84. The van der Waals surface area contributed by atoms with Crippen LogP contribution in [0.5, 0.6) is 11.5 Å². The number of hydrogen-bond donors (Lipinski definition) is 2. The summed E-state index contributed by atoms with van der Waals surface area (Å²) < 4.78 is 27.8. The Bertz CT molecular complexity index is 589. The second kappa shape index (κ2) is 3.53. The maximum absolute atomic E-state index is 11.4. The lowest BCUT2D eigenvalue weighted by atomic mass is 10.3. The molecule has 7 heteroatoms. The highest BCUT2D eigenvalue weighted by atomic mass is 32.2. The van der Waals surface area contributed by atoms with Crippen molar-refractivity contribution in [3.05, 3.63) is 35.5 Å². The third-order valence-corrected chi connectivity index (χ3v) is 3.02. The predicted molar refractivity (Wildman–Crippen MR) is 57.4 cm³/mol. The number of aromatic hydroxyl groups is 1. The van der Waals surface area contributed by atoms with Gasteiger partial charge in [-0.2, -0.15) is 4.99 Å². The number of para-hydroxylation sites is 2. The Balaban J connectivity index is 2.32. The maximum Gasteiger partial charge on any atom is 0.321 e. The van der Waals surface area contributed by atoms with E-state index in [0.29, 0.717) is 0 Å². The van der Waals surface area contributed by atoms with Crippen molar-refractivity contribution in [1.82, 2.24) is 0 Å². The zero-order valence-electron chi connectivity index (χ0n) is 7.99. The molecule has 16 heavy (non-hydrogen) atoms. The predicted octanol–water partition coefficient (Wildman–Crippen LogP) is 0.313. The molecule has 0 radical (unpaired) electrons. The van der Waals surface area contributed by atoms with Gasteiger partial charge in [-0.3, -0.25) is 0 Å². The van der Waals surface area contributed by atoms with Gasteiger partial charge >= 0.3 is 5.23 Å². The number of sulfone groups is 1. The number of rotatable bonds is 1. The van der Waals surface area contributed by atoms with E-state index in [1.165, 1.54) is 12.1 Å². The van der Waals surface area contributed by atoms with Crippen molar-refractivity contribution in [1.29, 1.82) is 0 Å². The van der Waals surface area contributed by atoms with E-state index in [2.05, 4.69) is 4.99 Å². The topological polar surface area (TPSA) is 102 Å². The monoisotopic (exact) mass is 240 g/mol. The lowest BCUT2D eigenvalue weighted by Crippen LogP contribution is -2.16. The summed E-state index contributed by atoms with van der Waals surface area (Å²) in [6.45, 7) is 0. The second-order valence-electron chi connectivity index (χ2n) is 3.04. The maximum atomic E-state index is 11.4. The first-order valence-corrected chi connectivity index (χ1v) is 5.80. The van der Waals surface area contributed by atoms with Gasteiger partial charge in [0.15, 0.2) is 11.5 Å². The molecule has 1 aliphatic rings. The number of phenols is 1. The van der Waals surface area contributed by atoms with Gasteiger partial charge in [0, 0.05) is 0 Å². The van der Waals surface area contributed by atoms with Crippen molar-refractivity contribution in [2.24, 2.45) is 10.7 Å². The van der Waals surface area contributed by atoms with Crippen LogP contribution in [0.4, 0.5) is 0 Å². The second-order valence-corrected chi connectivity index (χ2v) is 4.71. The molecule has 2 rings (SSSR count). The van der Waals surface area contributed by atoms with Crippen LogP contribution in [-0.4, -0.2) is 18.8 Å². The van der Waals surface area contributed by atoms with Crippen molar-refractivity contribution < 1.29 is 18.3 Å². The largest absolute Gasteiger partial charge is 0.504 e. The normalized spacial score (nSPS) is 17.8. The van der Waals surface area contributed by atoms with Gasteiger partial charge in [-0.05, 0) is 12.1 Å². The molecule has 3 N–H and O–H groups in total. The molecule has 0 atom stereocenters. The summed E-state index contributed by atoms with van der Waals surface area (Å²) in [6, 6.07) is 5.96. The Labute approximate surface area is 91.6 Å². The summed E-state index contributed by atoms with van der Waals surface area (Å²) in [5, 5.41) is 9.64. The molecule has 1 aliphatic heterocycles. The van der Waals surface area contributed by atoms with Crippen molar-refractivity contribution in [3.8, 4) is 11.5 Å². The van der Waals surface area contributed by atoms with E-state index >= 15 is 0 Å². The Kier molecular flexibility index (Phi) is 2.31. The molecule has 0 saturated heterocycles. The highest BCUT2D eigenvalue weighted by Crippen LogP contribution is 2.26. The van der Waals surface area contributed by atoms with Gasteiger partial charge in [0.2, 0.25) is 0 Å². The van der Waals surface area contributed by atoms with Gasteiger partial charge in [-0.1, -0.05) is 12.1 Å². The quantitative estimate of drug-likeness (QED) is 0.735. The molecule has 1 aromatic carbocycles. The fourth-order valence-corrected chi connectivity index (χ4v) is 2.03. The van der Waals surface area contributed by atoms with Crippen LogP contribution in [0.25, 0.3) is 0 Å². The number of ether oxygens (including phenoxy) is 1. The number of nitrogens with two attached hydrogens (primary N) is 1. The number of hydrogen-bond acceptors (Lipinski definition) is 6. The van der Waals surface area contributed by atoms with E-state index in [0.717, 1.165) is 5.41 Å². The minimum atomic E-state index is -3.72.